The number of aldehydes is 1. The van der Waals surface area contributed by atoms with Crippen molar-refractivity contribution in [2.45, 2.75) is 38.6 Å². The Morgan fingerprint density at radius 3 is 2.42 bits per heavy atom. The van der Waals surface area contributed by atoms with E-state index in [0.717, 1.165) is 19.1 Å². The highest BCUT2D eigenvalue weighted by atomic mass is 16.7. The molecule has 3 heteroatoms. The molecule has 2 fully saturated rings. The Morgan fingerprint density at radius 1 is 1.42 bits per heavy atom. The molecular formula is C9H14O3. The SMILES string of the molecule is CC1(C)OCC(C2(C=O)CC2)O1. The van der Waals surface area contributed by atoms with Gasteiger partial charge in [0.1, 0.15) is 6.29 Å². The second kappa shape index (κ2) is 2.30. The molecule has 0 spiro atoms. The number of carbonyl (C=O) groups excluding carboxylic acids is 1. The Morgan fingerprint density at radius 2 is 2.08 bits per heavy atom. The second-order valence-corrected chi connectivity index (χ2v) is 4.17. The van der Waals surface area contributed by atoms with Crippen LogP contribution in [0, 0.1) is 5.41 Å². The molecule has 68 valence electrons. The van der Waals surface area contributed by atoms with Crippen molar-refractivity contribution < 1.29 is 14.3 Å². The van der Waals surface area contributed by atoms with Crippen LogP contribution in [0.3, 0.4) is 0 Å². The van der Waals surface area contributed by atoms with E-state index in [0.29, 0.717) is 6.61 Å². The quantitative estimate of drug-likeness (QED) is 0.582. The molecule has 1 saturated carbocycles. The van der Waals surface area contributed by atoms with Crippen molar-refractivity contribution in [3.8, 4) is 0 Å². The van der Waals surface area contributed by atoms with Gasteiger partial charge in [-0.3, -0.25) is 0 Å². The van der Waals surface area contributed by atoms with Gasteiger partial charge in [-0.1, -0.05) is 0 Å². The number of hydrogen-bond acceptors (Lipinski definition) is 3. The van der Waals surface area contributed by atoms with Crippen LogP contribution in [0.15, 0.2) is 0 Å². The van der Waals surface area contributed by atoms with Crippen LogP contribution in [0.25, 0.3) is 0 Å². The number of carbonyl (C=O) groups is 1. The second-order valence-electron chi connectivity index (χ2n) is 4.17. The van der Waals surface area contributed by atoms with Gasteiger partial charge in [-0.05, 0) is 26.7 Å². The van der Waals surface area contributed by atoms with Gasteiger partial charge in [0, 0.05) is 0 Å². The molecule has 0 aromatic heterocycles. The molecule has 1 unspecified atom stereocenters. The number of rotatable bonds is 2. The van der Waals surface area contributed by atoms with E-state index < -0.39 is 5.79 Å². The summed E-state index contributed by atoms with van der Waals surface area (Å²) in [5.41, 5.74) is -0.201. The van der Waals surface area contributed by atoms with E-state index in [2.05, 4.69) is 0 Å². The third kappa shape index (κ3) is 1.17. The predicted octanol–water partition coefficient (Wildman–Crippen LogP) is 1.12. The zero-order valence-electron chi connectivity index (χ0n) is 7.50. The molecule has 1 atom stereocenters. The molecule has 2 rings (SSSR count). The molecule has 0 radical (unpaired) electrons. The molecule has 0 amide bonds. The van der Waals surface area contributed by atoms with Crippen LogP contribution >= 0.6 is 0 Å². The fraction of sp³-hybridized carbons (Fsp3) is 0.889. The van der Waals surface area contributed by atoms with Gasteiger partial charge >= 0.3 is 0 Å². The average molecular weight is 170 g/mol. The minimum Gasteiger partial charge on any atom is -0.348 e. The summed E-state index contributed by atoms with van der Waals surface area (Å²) in [5.74, 6) is -0.497. The normalized spacial score (nSPS) is 36.3. The summed E-state index contributed by atoms with van der Waals surface area (Å²) >= 11 is 0. The highest BCUT2D eigenvalue weighted by molar-refractivity contribution is 5.64. The zero-order valence-corrected chi connectivity index (χ0v) is 7.50. The Bertz CT molecular complexity index is 206. The summed E-state index contributed by atoms with van der Waals surface area (Å²) in [6, 6.07) is 0. The molecule has 0 bridgehead atoms. The van der Waals surface area contributed by atoms with Gasteiger partial charge in [0.05, 0.1) is 18.1 Å². The van der Waals surface area contributed by atoms with Gasteiger partial charge < -0.3 is 14.3 Å². The summed E-state index contributed by atoms with van der Waals surface area (Å²) in [6.07, 6.45) is 2.94. The van der Waals surface area contributed by atoms with Crippen molar-refractivity contribution in [3.05, 3.63) is 0 Å². The maximum Gasteiger partial charge on any atom is 0.163 e. The van der Waals surface area contributed by atoms with Gasteiger partial charge in [0.25, 0.3) is 0 Å². The lowest BCUT2D eigenvalue weighted by molar-refractivity contribution is -0.148. The van der Waals surface area contributed by atoms with E-state index in [4.69, 9.17) is 9.47 Å². The fourth-order valence-electron chi connectivity index (χ4n) is 1.63. The molecule has 3 nitrogen and oxygen atoms in total. The van der Waals surface area contributed by atoms with Gasteiger partial charge in [-0.15, -0.1) is 0 Å². The zero-order chi connectivity index (χ0) is 8.82. The first kappa shape index (κ1) is 8.20. The molecule has 1 aliphatic carbocycles. The maximum atomic E-state index is 10.8. The van der Waals surface area contributed by atoms with Crippen molar-refractivity contribution in [1.82, 2.24) is 0 Å². The molecule has 12 heavy (non-hydrogen) atoms. The van der Waals surface area contributed by atoms with Gasteiger partial charge in [0.15, 0.2) is 5.79 Å². The van der Waals surface area contributed by atoms with Crippen molar-refractivity contribution in [2.24, 2.45) is 5.41 Å². The van der Waals surface area contributed by atoms with Gasteiger partial charge in [0.2, 0.25) is 0 Å². The Labute approximate surface area is 72.0 Å². The molecule has 1 aliphatic heterocycles. The molecule has 0 aromatic carbocycles. The molecule has 1 heterocycles. The maximum absolute atomic E-state index is 10.8. The highest BCUT2D eigenvalue weighted by Gasteiger charge is 2.54. The number of ether oxygens (including phenoxy) is 2. The molecular weight excluding hydrogens is 156 g/mol. The van der Waals surface area contributed by atoms with E-state index in [1.54, 1.807) is 0 Å². The van der Waals surface area contributed by atoms with Crippen LogP contribution in [0.4, 0.5) is 0 Å². The largest absolute Gasteiger partial charge is 0.348 e. The van der Waals surface area contributed by atoms with Crippen LogP contribution in [-0.4, -0.2) is 24.8 Å². The van der Waals surface area contributed by atoms with E-state index in [1.807, 2.05) is 13.8 Å². The minimum atomic E-state index is -0.497. The summed E-state index contributed by atoms with van der Waals surface area (Å²) in [4.78, 5) is 10.8. The first-order valence-corrected chi connectivity index (χ1v) is 4.36. The molecule has 0 aromatic rings. The molecule has 0 N–H and O–H groups in total. The smallest absolute Gasteiger partial charge is 0.163 e. The lowest BCUT2D eigenvalue weighted by Gasteiger charge is -2.19. The topological polar surface area (TPSA) is 35.5 Å². The minimum absolute atomic E-state index is 0.00926. The van der Waals surface area contributed by atoms with Crippen LogP contribution in [0.1, 0.15) is 26.7 Å². The van der Waals surface area contributed by atoms with Crippen molar-refractivity contribution in [2.75, 3.05) is 6.61 Å². The van der Waals surface area contributed by atoms with Gasteiger partial charge in [-0.2, -0.15) is 0 Å². The van der Waals surface area contributed by atoms with Crippen LogP contribution in [0.2, 0.25) is 0 Å². The Kier molecular flexibility index (Phi) is 1.57. The fourth-order valence-corrected chi connectivity index (χ4v) is 1.63. The van der Waals surface area contributed by atoms with Crippen LogP contribution in [0.5, 0.6) is 0 Å². The Hall–Kier alpha value is -0.410. The van der Waals surface area contributed by atoms with E-state index in [1.165, 1.54) is 0 Å². The first-order chi connectivity index (χ1) is 5.58. The summed E-state index contributed by atoms with van der Waals surface area (Å²) in [7, 11) is 0. The monoisotopic (exact) mass is 170 g/mol. The third-order valence-corrected chi connectivity index (χ3v) is 2.71. The molecule has 1 saturated heterocycles. The summed E-state index contributed by atoms with van der Waals surface area (Å²) < 4.78 is 11.0. The Balaban J connectivity index is 2.04. The lowest BCUT2D eigenvalue weighted by Crippen LogP contribution is -2.28. The van der Waals surface area contributed by atoms with Crippen molar-refractivity contribution in [3.63, 3.8) is 0 Å². The standard InChI is InChI=1S/C9H14O3/c1-8(2)11-5-7(12-8)9(6-10)3-4-9/h6-7H,3-5H2,1-2H3. The molecule has 2 aliphatic rings. The van der Waals surface area contributed by atoms with E-state index >= 15 is 0 Å². The third-order valence-electron chi connectivity index (χ3n) is 2.71. The number of hydrogen-bond donors (Lipinski definition) is 0. The summed E-state index contributed by atoms with van der Waals surface area (Å²) in [6.45, 7) is 4.33. The van der Waals surface area contributed by atoms with Crippen molar-refractivity contribution in [1.29, 1.82) is 0 Å². The first-order valence-electron chi connectivity index (χ1n) is 4.36. The predicted molar refractivity (Wildman–Crippen MR) is 42.6 cm³/mol. The van der Waals surface area contributed by atoms with Crippen molar-refractivity contribution >= 4 is 6.29 Å². The van der Waals surface area contributed by atoms with Crippen LogP contribution < -0.4 is 0 Å². The summed E-state index contributed by atoms with van der Waals surface area (Å²) in [5, 5.41) is 0. The van der Waals surface area contributed by atoms with E-state index in [-0.39, 0.29) is 11.5 Å². The van der Waals surface area contributed by atoms with Crippen LogP contribution in [-0.2, 0) is 14.3 Å². The highest BCUT2D eigenvalue weighted by Crippen LogP contribution is 2.50. The average Bonchev–Trinajstić information content (AvgIpc) is 2.72. The van der Waals surface area contributed by atoms with Gasteiger partial charge in [-0.25, -0.2) is 0 Å². The lowest BCUT2D eigenvalue weighted by atomic mass is 10.0. The van der Waals surface area contributed by atoms with E-state index in [9.17, 15) is 4.79 Å².